The third-order valence-corrected chi connectivity index (χ3v) is 4.26. The highest BCUT2D eigenvalue weighted by atomic mass is 79.9. The van der Waals surface area contributed by atoms with E-state index in [0.717, 1.165) is 34.1 Å². The van der Waals surface area contributed by atoms with Gasteiger partial charge < -0.3 is 4.74 Å². The molecule has 0 amide bonds. The largest absolute Gasteiger partial charge is 0.380 e. The van der Waals surface area contributed by atoms with E-state index in [0.29, 0.717) is 17.6 Å². The molecule has 20 heavy (non-hydrogen) atoms. The van der Waals surface area contributed by atoms with Crippen LogP contribution >= 0.6 is 27.5 Å². The molecule has 0 fully saturated rings. The molecule has 0 aliphatic rings. The molecule has 0 radical (unpaired) electrons. The van der Waals surface area contributed by atoms with E-state index in [1.54, 1.807) is 7.11 Å². The number of ether oxygens (including phenoxy) is 1. The molecule has 0 N–H and O–H groups in total. The van der Waals surface area contributed by atoms with E-state index < -0.39 is 0 Å². The molecule has 2 aromatic rings. The number of aryl methyl sites for hydroxylation is 1. The summed E-state index contributed by atoms with van der Waals surface area (Å²) >= 11 is 9.66. The van der Waals surface area contributed by atoms with E-state index in [9.17, 15) is 0 Å². The van der Waals surface area contributed by atoms with Crippen LogP contribution in [0.1, 0.15) is 24.6 Å². The topological polar surface area (TPSA) is 35.0 Å². The number of rotatable bonds is 5. The van der Waals surface area contributed by atoms with Gasteiger partial charge in [-0.1, -0.05) is 49.2 Å². The number of halogens is 2. The zero-order valence-corrected chi connectivity index (χ0v) is 13.8. The predicted octanol–water partition coefficient (Wildman–Crippen LogP) is 4.66. The first kappa shape index (κ1) is 15.4. The van der Waals surface area contributed by atoms with Gasteiger partial charge in [0, 0.05) is 12.7 Å². The maximum atomic E-state index is 6.20. The monoisotopic (exact) mass is 354 g/mol. The zero-order valence-electron chi connectivity index (χ0n) is 11.5. The van der Waals surface area contributed by atoms with Gasteiger partial charge in [0.2, 0.25) is 0 Å². The predicted molar refractivity (Wildman–Crippen MR) is 84.9 cm³/mol. The molecule has 0 unspecified atom stereocenters. The molecular weight excluding hydrogens is 340 g/mol. The molecule has 106 valence electrons. The van der Waals surface area contributed by atoms with Crippen molar-refractivity contribution in [2.45, 2.75) is 26.4 Å². The van der Waals surface area contributed by atoms with E-state index in [2.05, 4.69) is 32.8 Å². The summed E-state index contributed by atoms with van der Waals surface area (Å²) in [5.74, 6) is 0.648. The Labute approximate surface area is 132 Å². The molecule has 0 bridgehead atoms. The van der Waals surface area contributed by atoms with Crippen LogP contribution in [0.5, 0.6) is 0 Å². The second-order valence-corrected chi connectivity index (χ2v) is 5.59. The summed E-state index contributed by atoms with van der Waals surface area (Å²) in [6, 6.07) is 7.94. The molecule has 0 saturated heterocycles. The molecule has 1 heterocycles. The summed E-state index contributed by atoms with van der Waals surface area (Å²) in [5.41, 5.74) is 2.95. The van der Waals surface area contributed by atoms with Crippen molar-refractivity contribution < 1.29 is 4.74 Å². The van der Waals surface area contributed by atoms with Crippen LogP contribution in [-0.2, 0) is 17.8 Å². The molecule has 0 aliphatic carbocycles. The van der Waals surface area contributed by atoms with Crippen molar-refractivity contribution in [1.29, 1.82) is 0 Å². The van der Waals surface area contributed by atoms with Crippen LogP contribution in [0, 0.1) is 0 Å². The second kappa shape index (κ2) is 7.16. The Kier molecular flexibility index (Phi) is 5.52. The highest BCUT2D eigenvalue weighted by molar-refractivity contribution is 9.10. The molecule has 1 aromatic heterocycles. The van der Waals surface area contributed by atoms with Gasteiger partial charge in [0.1, 0.15) is 5.15 Å². The van der Waals surface area contributed by atoms with Gasteiger partial charge in [-0.2, -0.15) is 0 Å². The summed E-state index contributed by atoms with van der Waals surface area (Å²) < 4.78 is 6.01. The van der Waals surface area contributed by atoms with Crippen LogP contribution in [0.3, 0.4) is 0 Å². The molecule has 1 aromatic carbocycles. The fourth-order valence-corrected chi connectivity index (χ4v) is 2.57. The summed E-state index contributed by atoms with van der Waals surface area (Å²) in [5, 5.41) is 0.450. The third-order valence-electron chi connectivity index (χ3n) is 2.92. The number of hydrogen-bond acceptors (Lipinski definition) is 3. The summed E-state index contributed by atoms with van der Waals surface area (Å²) in [7, 11) is 1.68. The Morgan fingerprint density at radius 1 is 1.25 bits per heavy atom. The summed E-state index contributed by atoms with van der Waals surface area (Å²) in [4.78, 5) is 9.02. The van der Waals surface area contributed by atoms with Gasteiger partial charge in [0.15, 0.2) is 5.82 Å². The highest BCUT2D eigenvalue weighted by Crippen LogP contribution is 2.29. The van der Waals surface area contributed by atoms with Crippen molar-refractivity contribution >= 4 is 27.5 Å². The molecule has 0 atom stereocenters. The Balaban J connectivity index is 2.52. The zero-order chi connectivity index (χ0) is 14.5. The van der Waals surface area contributed by atoms with Gasteiger partial charge in [-0.3, -0.25) is 0 Å². The number of benzene rings is 1. The maximum Gasteiger partial charge on any atom is 0.161 e. The lowest BCUT2D eigenvalue weighted by atomic mass is 10.1. The Morgan fingerprint density at radius 3 is 2.70 bits per heavy atom. The van der Waals surface area contributed by atoms with E-state index >= 15 is 0 Å². The van der Waals surface area contributed by atoms with Crippen LogP contribution in [0.15, 0.2) is 28.7 Å². The Hall–Kier alpha value is -0.970. The molecule has 0 spiro atoms. The highest BCUT2D eigenvalue weighted by Gasteiger charge is 2.13. The minimum atomic E-state index is 0.450. The Bertz CT molecular complexity index is 604. The number of methoxy groups -OCH3 is 1. The van der Waals surface area contributed by atoms with Gasteiger partial charge in [-0.05, 0) is 27.9 Å². The number of hydrogen-bond donors (Lipinski definition) is 0. The minimum Gasteiger partial charge on any atom is -0.380 e. The SMILES string of the molecule is CCCc1nc(-c2ccccc2COC)nc(Cl)c1Br. The lowest BCUT2D eigenvalue weighted by Gasteiger charge is -2.11. The summed E-state index contributed by atoms with van der Waals surface area (Å²) in [6.07, 6.45) is 1.87. The fourth-order valence-electron chi connectivity index (χ4n) is 2.01. The van der Waals surface area contributed by atoms with E-state index in [1.165, 1.54) is 0 Å². The standard InChI is InChI=1S/C15H16BrClN2O/c1-3-6-12-13(16)14(17)19-15(18-12)11-8-5-4-7-10(11)9-20-2/h4-5,7-8H,3,6,9H2,1-2H3. The smallest absolute Gasteiger partial charge is 0.161 e. The lowest BCUT2D eigenvalue weighted by Crippen LogP contribution is -2.01. The average Bonchev–Trinajstić information content (AvgIpc) is 2.45. The van der Waals surface area contributed by atoms with Crippen molar-refractivity contribution in [2.75, 3.05) is 7.11 Å². The van der Waals surface area contributed by atoms with Gasteiger partial charge in [-0.15, -0.1) is 0 Å². The van der Waals surface area contributed by atoms with Crippen molar-refractivity contribution in [3.8, 4) is 11.4 Å². The van der Waals surface area contributed by atoms with Gasteiger partial charge in [0.25, 0.3) is 0 Å². The summed E-state index contributed by atoms with van der Waals surface area (Å²) in [6.45, 7) is 2.64. The lowest BCUT2D eigenvalue weighted by molar-refractivity contribution is 0.185. The van der Waals surface area contributed by atoms with E-state index in [1.807, 2.05) is 24.3 Å². The Morgan fingerprint density at radius 2 is 2.00 bits per heavy atom. The quantitative estimate of drug-likeness (QED) is 0.732. The molecule has 5 heteroatoms. The first-order chi connectivity index (χ1) is 9.67. The maximum absolute atomic E-state index is 6.20. The van der Waals surface area contributed by atoms with Crippen LogP contribution in [-0.4, -0.2) is 17.1 Å². The first-order valence-corrected chi connectivity index (χ1v) is 7.63. The van der Waals surface area contributed by atoms with Gasteiger partial charge in [-0.25, -0.2) is 9.97 Å². The van der Waals surface area contributed by atoms with Crippen molar-refractivity contribution in [1.82, 2.24) is 9.97 Å². The molecule has 2 rings (SSSR count). The third kappa shape index (κ3) is 3.37. The van der Waals surface area contributed by atoms with Crippen LogP contribution < -0.4 is 0 Å². The molecule has 0 saturated carbocycles. The number of nitrogens with zero attached hydrogens (tertiary/aromatic N) is 2. The van der Waals surface area contributed by atoms with Crippen LogP contribution in [0.25, 0.3) is 11.4 Å². The van der Waals surface area contributed by atoms with Crippen molar-refractivity contribution in [3.63, 3.8) is 0 Å². The van der Waals surface area contributed by atoms with Crippen LogP contribution in [0.2, 0.25) is 5.15 Å². The first-order valence-electron chi connectivity index (χ1n) is 6.46. The average molecular weight is 356 g/mol. The molecule has 0 aliphatic heterocycles. The van der Waals surface area contributed by atoms with E-state index in [4.69, 9.17) is 16.3 Å². The fraction of sp³-hybridized carbons (Fsp3) is 0.333. The second-order valence-electron chi connectivity index (χ2n) is 4.44. The minimum absolute atomic E-state index is 0.450. The van der Waals surface area contributed by atoms with Gasteiger partial charge >= 0.3 is 0 Å². The van der Waals surface area contributed by atoms with Crippen molar-refractivity contribution in [2.24, 2.45) is 0 Å². The molecular formula is C15H16BrClN2O. The normalized spacial score (nSPS) is 10.8. The van der Waals surface area contributed by atoms with Gasteiger partial charge in [0.05, 0.1) is 16.8 Å². The van der Waals surface area contributed by atoms with E-state index in [-0.39, 0.29) is 0 Å². The molecule has 3 nitrogen and oxygen atoms in total. The number of aromatic nitrogens is 2. The van der Waals surface area contributed by atoms with Crippen molar-refractivity contribution in [3.05, 3.63) is 45.1 Å². The van der Waals surface area contributed by atoms with Crippen LogP contribution in [0.4, 0.5) is 0 Å².